The lowest BCUT2D eigenvalue weighted by molar-refractivity contribution is 0.211. The number of aliphatic hydroxyl groups excluding tert-OH is 1. The molecule has 1 aliphatic rings. The number of nitrogens with zero attached hydrogens (tertiary/aromatic N) is 1. The second kappa shape index (κ2) is 6.32. The highest BCUT2D eigenvalue weighted by Gasteiger charge is 2.26. The molecule has 19 heavy (non-hydrogen) atoms. The Morgan fingerprint density at radius 3 is 3.05 bits per heavy atom. The SMILES string of the molecule is CCN1CCCC(NS(=O)(=O)c2ccsc2CO)C1. The number of likely N-dealkylation sites (N-methyl/N-ethyl adjacent to an activating group) is 1. The topological polar surface area (TPSA) is 69.6 Å². The van der Waals surface area contributed by atoms with Crippen molar-refractivity contribution in [3.8, 4) is 0 Å². The van der Waals surface area contributed by atoms with Gasteiger partial charge < -0.3 is 10.0 Å². The van der Waals surface area contributed by atoms with Gasteiger partial charge in [-0.15, -0.1) is 11.3 Å². The number of thiophene rings is 1. The van der Waals surface area contributed by atoms with Crippen molar-refractivity contribution in [1.29, 1.82) is 0 Å². The fraction of sp³-hybridized carbons (Fsp3) is 0.667. The van der Waals surface area contributed by atoms with Gasteiger partial charge in [-0.3, -0.25) is 0 Å². The van der Waals surface area contributed by atoms with Gasteiger partial charge in [0.2, 0.25) is 10.0 Å². The van der Waals surface area contributed by atoms with Gasteiger partial charge in [0.05, 0.1) is 11.5 Å². The molecule has 0 aromatic carbocycles. The Kier molecular flexibility index (Phi) is 4.97. The average molecular weight is 304 g/mol. The molecule has 1 aromatic heterocycles. The lowest BCUT2D eigenvalue weighted by Gasteiger charge is -2.32. The number of piperidine rings is 1. The van der Waals surface area contributed by atoms with E-state index in [9.17, 15) is 8.42 Å². The second-order valence-corrected chi connectivity index (χ2v) is 7.40. The number of rotatable bonds is 5. The Morgan fingerprint density at radius 2 is 2.37 bits per heavy atom. The fourth-order valence-electron chi connectivity index (χ4n) is 2.41. The number of sulfonamides is 1. The van der Waals surface area contributed by atoms with Crippen LogP contribution in [0.25, 0.3) is 0 Å². The summed E-state index contributed by atoms with van der Waals surface area (Å²) < 4.78 is 27.4. The largest absolute Gasteiger partial charge is 0.391 e. The molecule has 1 fully saturated rings. The van der Waals surface area contributed by atoms with Gasteiger partial charge in [0.25, 0.3) is 0 Å². The summed E-state index contributed by atoms with van der Waals surface area (Å²) in [5, 5.41) is 10.9. The van der Waals surface area contributed by atoms with E-state index in [4.69, 9.17) is 5.11 Å². The number of aliphatic hydroxyl groups is 1. The van der Waals surface area contributed by atoms with E-state index in [1.807, 2.05) is 0 Å². The lowest BCUT2D eigenvalue weighted by Crippen LogP contribution is -2.47. The molecule has 1 saturated heterocycles. The maximum absolute atomic E-state index is 12.3. The Hall–Kier alpha value is -0.470. The molecule has 108 valence electrons. The summed E-state index contributed by atoms with van der Waals surface area (Å²) in [7, 11) is -3.52. The molecular formula is C12H20N2O3S2. The molecule has 2 heterocycles. The van der Waals surface area contributed by atoms with Crippen LogP contribution >= 0.6 is 11.3 Å². The third-order valence-corrected chi connectivity index (χ3v) is 6.05. The van der Waals surface area contributed by atoms with Crippen molar-refractivity contribution in [2.24, 2.45) is 0 Å². The van der Waals surface area contributed by atoms with E-state index >= 15 is 0 Å². The summed E-state index contributed by atoms with van der Waals surface area (Å²) in [4.78, 5) is 2.96. The van der Waals surface area contributed by atoms with Gasteiger partial charge in [-0.05, 0) is 37.4 Å². The number of nitrogens with one attached hydrogen (secondary N) is 1. The fourth-order valence-corrected chi connectivity index (χ4v) is 4.96. The van der Waals surface area contributed by atoms with Crippen LogP contribution in [-0.4, -0.2) is 44.1 Å². The van der Waals surface area contributed by atoms with Gasteiger partial charge in [0.1, 0.15) is 0 Å². The normalized spacial score (nSPS) is 21.7. The summed E-state index contributed by atoms with van der Waals surface area (Å²) in [5.41, 5.74) is 0. The van der Waals surface area contributed by atoms with Crippen LogP contribution in [0.2, 0.25) is 0 Å². The Balaban J connectivity index is 2.09. The third-order valence-electron chi connectivity index (χ3n) is 3.41. The average Bonchev–Trinajstić information content (AvgIpc) is 2.87. The van der Waals surface area contributed by atoms with E-state index in [2.05, 4.69) is 16.5 Å². The van der Waals surface area contributed by atoms with Crippen LogP contribution in [0.5, 0.6) is 0 Å². The van der Waals surface area contributed by atoms with Crippen LogP contribution in [-0.2, 0) is 16.6 Å². The number of likely N-dealkylation sites (tertiary alicyclic amines) is 1. The van der Waals surface area contributed by atoms with Gasteiger partial charge >= 0.3 is 0 Å². The molecule has 0 spiro atoms. The van der Waals surface area contributed by atoms with Gasteiger partial charge in [-0.2, -0.15) is 0 Å². The molecule has 0 bridgehead atoms. The zero-order chi connectivity index (χ0) is 13.9. The molecule has 0 radical (unpaired) electrons. The second-order valence-electron chi connectivity index (χ2n) is 4.72. The minimum absolute atomic E-state index is 0.0369. The van der Waals surface area contributed by atoms with Gasteiger partial charge in [0, 0.05) is 17.5 Å². The molecule has 7 heteroatoms. The van der Waals surface area contributed by atoms with Crippen molar-refractivity contribution in [2.45, 2.75) is 37.3 Å². The van der Waals surface area contributed by atoms with Gasteiger partial charge in [-0.25, -0.2) is 13.1 Å². The summed E-state index contributed by atoms with van der Waals surface area (Å²) in [6.45, 7) is 4.58. The first-order valence-corrected chi connectivity index (χ1v) is 8.85. The van der Waals surface area contributed by atoms with Crippen molar-refractivity contribution in [3.63, 3.8) is 0 Å². The maximum Gasteiger partial charge on any atom is 0.242 e. The van der Waals surface area contributed by atoms with E-state index in [1.54, 1.807) is 11.4 Å². The van der Waals surface area contributed by atoms with Crippen molar-refractivity contribution in [2.75, 3.05) is 19.6 Å². The van der Waals surface area contributed by atoms with Crippen molar-refractivity contribution in [3.05, 3.63) is 16.3 Å². The lowest BCUT2D eigenvalue weighted by atomic mass is 10.1. The van der Waals surface area contributed by atoms with Crippen LogP contribution in [0.15, 0.2) is 16.3 Å². The molecule has 5 nitrogen and oxygen atoms in total. The van der Waals surface area contributed by atoms with E-state index in [1.165, 1.54) is 11.3 Å². The van der Waals surface area contributed by atoms with Crippen LogP contribution in [0.4, 0.5) is 0 Å². The van der Waals surface area contributed by atoms with E-state index in [0.29, 0.717) is 4.88 Å². The first kappa shape index (κ1) is 14.9. The number of hydrogen-bond acceptors (Lipinski definition) is 5. The molecule has 2 N–H and O–H groups in total. The minimum atomic E-state index is -3.52. The summed E-state index contributed by atoms with van der Waals surface area (Å²) in [5.74, 6) is 0. The highest BCUT2D eigenvalue weighted by molar-refractivity contribution is 7.89. The molecular weight excluding hydrogens is 284 g/mol. The molecule has 0 aliphatic carbocycles. The van der Waals surface area contributed by atoms with Gasteiger partial charge in [-0.1, -0.05) is 6.92 Å². The van der Waals surface area contributed by atoms with E-state index in [0.717, 1.165) is 32.5 Å². The molecule has 0 amide bonds. The third kappa shape index (κ3) is 3.55. The number of hydrogen-bond donors (Lipinski definition) is 2. The first-order chi connectivity index (χ1) is 9.06. The maximum atomic E-state index is 12.3. The highest BCUT2D eigenvalue weighted by atomic mass is 32.2. The van der Waals surface area contributed by atoms with E-state index in [-0.39, 0.29) is 17.5 Å². The predicted octanol–water partition coefficient (Wildman–Crippen LogP) is 1.00. The first-order valence-electron chi connectivity index (χ1n) is 6.48. The Labute approximate surface area is 118 Å². The Morgan fingerprint density at radius 1 is 1.58 bits per heavy atom. The van der Waals surface area contributed by atoms with Gasteiger partial charge in [0.15, 0.2) is 0 Å². The van der Waals surface area contributed by atoms with Crippen LogP contribution in [0.3, 0.4) is 0 Å². The molecule has 1 atom stereocenters. The molecule has 0 saturated carbocycles. The van der Waals surface area contributed by atoms with Crippen molar-refractivity contribution < 1.29 is 13.5 Å². The molecule has 1 unspecified atom stereocenters. The van der Waals surface area contributed by atoms with Crippen molar-refractivity contribution in [1.82, 2.24) is 9.62 Å². The molecule has 1 aromatic rings. The summed E-state index contributed by atoms with van der Waals surface area (Å²) in [6, 6.07) is 1.52. The van der Waals surface area contributed by atoms with Crippen LogP contribution in [0, 0.1) is 0 Å². The van der Waals surface area contributed by atoms with Crippen molar-refractivity contribution >= 4 is 21.4 Å². The smallest absolute Gasteiger partial charge is 0.242 e. The summed E-state index contributed by atoms with van der Waals surface area (Å²) >= 11 is 1.26. The zero-order valence-electron chi connectivity index (χ0n) is 11.0. The van der Waals surface area contributed by atoms with Crippen LogP contribution in [0.1, 0.15) is 24.6 Å². The predicted molar refractivity (Wildman–Crippen MR) is 75.7 cm³/mol. The zero-order valence-corrected chi connectivity index (χ0v) is 12.6. The minimum Gasteiger partial charge on any atom is -0.391 e. The quantitative estimate of drug-likeness (QED) is 0.851. The standard InChI is InChI=1S/C12H20N2O3S2/c1-2-14-6-3-4-10(8-14)13-19(16,17)12-5-7-18-11(12)9-15/h5,7,10,13,15H,2-4,6,8-9H2,1H3. The summed E-state index contributed by atoms with van der Waals surface area (Å²) in [6.07, 6.45) is 1.88. The highest BCUT2D eigenvalue weighted by Crippen LogP contribution is 2.22. The van der Waals surface area contributed by atoms with Crippen LogP contribution < -0.4 is 4.72 Å². The monoisotopic (exact) mass is 304 g/mol. The Bertz CT molecular complexity index is 513. The molecule has 1 aliphatic heterocycles. The molecule has 2 rings (SSSR count). The van der Waals surface area contributed by atoms with E-state index < -0.39 is 10.0 Å².